The monoisotopic (exact) mass is 345 g/mol. The topological polar surface area (TPSA) is 54.9 Å². The molecule has 1 aromatic heterocycles. The maximum Gasteiger partial charge on any atom is 0.416 e. The van der Waals surface area contributed by atoms with Gasteiger partial charge in [0.2, 0.25) is 0 Å². The van der Waals surface area contributed by atoms with Crippen molar-refractivity contribution < 1.29 is 18.0 Å². The summed E-state index contributed by atoms with van der Waals surface area (Å²) in [7, 11) is 0. The van der Waals surface area contributed by atoms with Gasteiger partial charge < -0.3 is 5.32 Å². The molecule has 0 aliphatic carbocycles. The number of hydrogen-bond acceptors (Lipinski definition) is 3. The average Bonchev–Trinajstić information content (AvgIpc) is 2.38. The second-order valence-electron chi connectivity index (χ2n) is 3.76. The number of anilines is 1. The number of carbonyl (C=O) groups excluding carboxylic acids is 1. The number of halogens is 4. The summed E-state index contributed by atoms with van der Waals surface area (Å²) in [5, 5.41) is 2.33. The van der Waals surface area contributed by atoms with E-state index in [9.17, 15) is 18.0 Å². The van der Waals surface area contributed by atoms with Crippen LogP contribution in [-0.2, 0) is 6.18 Å². The standard InChI is InChI=1S/C12H7BrF3N3O/c13-10-6-17-9(5-18-10)11(20)19-8-3-1-2-7(4-8)12(14,15)16/h1-6H,(H,19,20). The third-order valence-corrected chi connectivity index (χ3v) is 2.71. The highest BCUT2D eigenvalue weighted by Gasteiger charge is 2.30. The molecule has 104 valence electrons. The summed E-state index contributed by atoms with van der Waals surface area (Å²) in [4.78, 5) is 19.4. The average molecular weight is 346 g/mol. The Hall–Kier alpha value is -1.96. The van der Waals surface area contributed by atoms with Crippen molar-refractivity contribution in [2.24, 2.45) is 0 Å². The molecule has 0 aliphatic rings. The van der Waals surface area contributed by atoms with Crippen molar-refractivity contribution in [1.82, 2.24) is 9.97 Å². The van der Waals surface area contributed by atoms with Crippen molar-refractivity contribution in [3.05, 3.63) is 52.5 Å². The van der Waals surface area contributed by atoms with Crippen LogP contribution in [0.5, 0.6) is 0 Å². The molecule has 2 rings (SSSR count). The zero-order chi connectivity index (χ0) is 14.8. The molecule has 0 unspecified atom stereocenters. The van der Waals surface area contributed by atoms with E-state index < -0.39 is 17.6 Å². The fourth-order valence-electron chi connectivity index (χ4n) is 1.40. The van der Waals surface area contributed by atoms with Gasteiger partial charge in [0.05, 0.1) is 18.0 Å². The lowest BCUT2D eigenvalue weighted by Gasteiger charge is -2.09. The minimum atomic E-state index is -4.46. The lowest BCUT2D eigenvalue weighted by Crippen LogP contribution is -2.14. The normalized spacial score (nSPS) is 11.2. The molecular weight excluding hydrogens is 339 g/mol. The first-order valence-electron chi connectivity index (χ1n) is 5.32. The predicted octanol–water partition coefficient (Wildman–Crippen LogP) is 3.51. The van der Waals surface area contributed by atoms with E-state index in [4.69, 9.17) is 0 Å². The fourth-order valence-corrected chi connectivity index (χ4v) is 1.60. The van der Waals surface area contributed by atoms with Gasteiger partial charge in [0, 0.05) is 5.69 Å². The van der Waals surface area contributed by atoms with E-state index >= 15 is 0 Å². The number of amides is 1. The van der Waals surface area contributed by atoms with Crippen LogP contribution in [0.1, 0.15) is 16.1 Å². The van der Waals surface area contributed by atoms with Gasteiger partial charge in [-0.15, -0.1) is 0 Å². The first-order chi connectivity index (χ1) is 9.36. The summed E-state index contributed by atoms with van der Waals surface area (Å²) in [6, 6.07) is 4.35. The molecule has 8 heteroatoms. The maximum absolute atomic E-state index is 12.5. The maximum atomic E-state index is 12.5. The Kier molecular flexibility index (Phi) is 4.03. The van der Waals surface area contributed by atoms with Gasteiger partial charge >= 0.3 is 6.18 Å². The smallest absolute Gasteiger partial charge is 0.321 e. The number of carbonyl (C=O) groups is 1. The minimum Gasteiger partial charge on any atom is -0.321 e. The number of nitrogens with zero attached hydrogens (tertiary/aromatic N) is 2. The lowest BCUT2D eigenvalue weighted by molar-refractivity contribution is -0.137. The quantitative estimate of drug-likeness (QED) is 0.906. The van der Waals surface area contributed by atoms with Crippen molar-refractivity contribution in [3.8, 4) is 0 Å². The molecule has 0 aliphatic heterocycles. The molecule has 0 saturated carbocycles. The summed E-state index contributed by atoms with van der Waals surface area (Å²) in [5.41, 5.74) is -0.794. The largest absolute Gasteiger partial charge is 0.416 e. The van der Waals surface area contributed by atoms with Crippen LogP contribution in [0.25, 0.3) is 0 Å². The van der Waals surface area contributed by atoms with Crippen molar-refractivity contribution >= 4 is 27.5 Å². The van der Waals surface area contributed by atoms with Gasteiger partial charge in [0.25, 0.3) is 5.91 Å². The first-order valence-corrected chi connectivity index (χ1v) is 6.12. The lowest BCUT2D eigenvalue weighted by atomic mass is 10.2. The predicted molar refractivity (Wildman–Crippen MR) is 69.1 cm³/mol. The van der Waals surface area contributed by atoms with Crippen LogP contribution in [0.15, 0.2) is 41.3 Å². The van der Waals surface area contributed by atoms with E-state index in [1.807, 2.05) is 0 Å². The molecule has 1 heterocycles. The summed E-state index contributed by atoms with van der Waals surface area (Å²) in [5.74, 6) is -0.635. The fraction of sp³-hybridized carbons (Fsp3) is 0.0833. The van der Waals surface area contributed by atoms with Gasteiger partial charge in [-0.2, -0.15) is 13.2 Å². The zero-order valence-electron chi connectivity index (χ0n) is 9.78. The highest BCUT2D eigenvalue weighted by atomic mass is 79.9. The SMILES string of the molecule is O=C(Nc1cccc(C(F)(F)F)c1)c1cnc(Br)cn1. The number of benzene rings is 1. The molecule has 1 aromatic carbocycles. The van der Waals surface area contributed by atoms with Gasteiger partial charge in [0.15, 0.2) is 0 Å². The Labute approximate surface area is 120 Å². The molecule has 1 amide bonds. The van der Waals surface area contributed by atoms with E-state index in [1.165, 1.54) is 24.5 Å². The van der Waals surface area contributed by atoms with Crippen LogP contribution in [0.3, 0.4) is 0 Å². The molecule has 0 bridgehead atoms. The van der Waals surface area contributed by atoms with Crippen molar-refractivity contribution in [3.63, 3.8) is 0 Å². The molecule has 2 aromatic rings. The number of rotatable bonds is 2. The molecule has 0 atom stereocenters. The Morgan fingerprint density at radius 3 is 2.55 bits per heavy atom. The van der Waals surface area contributed by atoms with Gasteiger partial charge in [-0.05, 0) is 34.1 Å². The second-order valence-corrected chi connectivity index (χ2v) is 4.57. The number of alkyl halides is 3. The first kappa shape index (κ1) is 14.4. The molecular formula is C12H7BrF3N3O. The highest BCUT2D eigenvalue weighted by molar-refractivity contribution is 9.10. The Morgan fingerprint density at radius 1 is 1.20 bits per heavy atom. The van der Waals surface area contributed by atoms with Crippen LogP contribution in [0.4, 0.5) is 18.9 Å². The van der Waals surface area contributed by atoms with E-state index in [2.05, 4.69) is 31.2 Å². The Morgan fingerprint density at radius 2 is 1.95 bits per heavy atom. The van der Waals surface area contributed by atoms with Crippen LogP contribution < -0.4 is 5.32 Å². The molecule has 20 heavy (non-hydrogen) atoms. The third-order valence-electron chi connectivity index (χ3n) is 2.30. The van der Waals surface area contributed by atoms with Crippen molar-refractivity contribution in [2.75, 3.05) is 5.32 Å². The number of hydrogen-bond donors (Lipinski definition) is 1. The molecule has 0 radical (unpaired) electrons. The zero-order valence-corrected chi connectivity index (χ0v) is 11.4. The second kappa shape index (κ2) is 5.58. The molecule has 0 fully saturated rings. The molecule has 1 N–H and O–H groups in total. The highest BCUT2D eigenvalue weighted by Crippen LogP contribution is 2.30. The van der Waals surface area contributed by atoms with E-state index in [0.29, 0.717) is 4.60 Å². The molecule has 4 nitrogen and oxygen atoms in total. The van der Waals surface area contributed by atoms with Gasteiger partial charge in [-0.25, -0.2) is 9.97 Å². The number of nitrogens with one attached hydrogen (secondary N) is 1. The van der Waals surface area contributed by atoms with Gasteiger partial charge in [-0.3, -0.25) is 4.79 Å². The summed E-state index contributed by atoms with van der Waals surface area (Å²) in [6.45, 7) is 0. The Balaban J connectivity index is 2.18. The van der Waals surface area contributed by atoms with Crippen LogP contribution in [-0.4, -0.2) is 15.9 Å². The third kappa shape index (κ3) is 3.53. The van der Waals surface area contributed by atoms with E-state index in [0.717, 1.165) is 12.1 Å². The summed E-state index contributed by atoms with van der Waals surface area (Å²) < 4.78 is 38.0. The molecule has 0 spiro atoms. The summed E-state index contributed by atoms with van der Waals surface area (Å²) >= 11 is 3.06. The van der Waals surface area contributed by atoms with E-state index in [1.54, 1.807) is 0 Å². The van der Waals surface area contributed by atoms with Crippen molar-refractivity contribution in [2.45, 2.75) is 6.18 Å². The number of aromatic nitrogens is 2. The molecule has 0 saturated heterocycles. The van der Waals surface area contributed by atoms with Crippen molar-refractivity contribution in [1.29, 1.82) is 0 Å². The Bertz CT molecular complexity index is 629. The van der Waals surface area contributed by atoms with Gasteiger partial charge in [-0.1, -0.05) is 6.07 Å². The van der Waals surface area contributed by atoms with Crippen LogP contribution >= 0.6 is 15.9 Å². The minimum absolute atomic E-state index is 0.00520. The van der Waals surface area contributed by atoms with Gasteiger partial charge in [0.1, 0.15) is 10.3 Å². The van der Waals surface area contributed by atoms with Crippen LogP contribution in [0.2, 0.25) is 0 Å². The van der Waals surface area contributed by atoms with E-state index in [-0.39, 0.29) is 11.4 Å². The summed E-state index contributed by atoms with van der Waals surface area (Å²) in [6.07, 6.45) is -1.92. The van der Waals surface area contributed by atoms with Crippen LogP contribution in [0, 0.1) is 0 Å².